The van der Waals surface area contributed by atoms with Crippen molar-refractivity contribution in [1.29, 1.82) is 0 Å². The van der Waals surface area contributed by atoms with Crippen LogP contribution < -0.4 is 16.2 Å². The fourth-order valence-corrected chi connectivity index (χ4v) is 2.56. The van der Waals surface area contributed by atoms with Crippen molar-refractivity contribution < 1.29 is 23.6 Å². The van der Waals surface area contributed by atoms with Gasteiger partial charge in [0.05, 0.1) is 0 Å². The average molecular weight is 364 g/mol. The summed E-state index contributed by atoms with van der Waals surface area (Å²) < 4.78 is 13.1. The van der Waals surface area contributed by atoms with Crippen molar-refractivity contribution in [3.63, 3.8) is 0 Å². The number of nitrogens with one attached hydrogen (secondary N) is 3. The lowest BCUT2D eigenvalue weighted by molar-refractivity contribution is -0.135. The zero-order chi connectivity index (χ0) is 19.5. The summed E-state index contributed by atoms with van der Waals surface area (Å²) in [6.45, 7) is 4.63. The van der Waals surface area contributed by atoms with Gasteiger partial charge in [-0.3, -0.25) is 30.1 Å². The standard InChI is InChI=1S/C17H21FN4O4/c1-10(2)8-13(23)20-21-14(24)9-22-15(25)17(3,19-16(22)26)11-4-6-12(18)7-5-11/h4-7,10H,8-9H2,1-3H3,(H,19,26)(H,20,23)(H,21,24). The molecule has 0 saturated carbocycles. The van der Waals surface area contributed by atoms with Gasteiger partial charge in [0.15, 0.2) is 0 Å². The molecule has 0 aromatic heterocycles. The van der Waals surface area contributed by atoms with E-state index in [-0.39, 0.29) is 18.2 Å². The molecule has 1 aromatic carbocycles. The lowest BCUT2D eigenvalue weighted by Gasteiger charge is -2.22. The summed E-state index contributed by atoms with van der Waals surface area (Å²) in [6, 6.07) is 4.40. The molecular formula is C17H21FN4O4. The van der Waals surface area contributed by atoms with Crippen LogP contribution in [-0.4, -0.2) is 35.2 Å². The van der Waals surface area contributed by atoms with E-state index in [0.29, 0.717) is 5.56 Å². The van der Waals surface area contributed by atoms with Crippen molar-refractivity contribution >= 4 is 23.8 Å². The van der Waals surface area contributed by atoms with E-state index in [1.807, 2.05) is 13.8 Å². The van der Waals surface area contributed by atoms with Crippen LogP contribution in [0.15, 0.2) is 24.3 Å². The molecule has 1 saturated heterocycles. The maximum absolute atomic E-state index is 13.1. The first-order valence-electron chi connectivity index (χ1n) is 8.11. The highest BCUT2D eigenvalue weighted by Crippen LogP contribution is 2.28. The Morgan fingerprint density at radius 3 is 2.31 bits per heavy atom. The van der Waals surface area contributed by atoms with Gasteiger partial charge in [-0.1, -0.05) is 26.0 Å². The molecule has 9 heteroatoms. The summed E-state index contributed by atoms with van der Waals surface area (Å²) in [5, 5.41) is 2.51. The molecule has 26 heavy (non-hydrogen) atoms. The van der Waals surface area contributed by atoms with Crippen LogP contribution >= 0.6 is 0 Å². The molecule has 0 radical (unpaired) electrons. The van der Waals surface area contributed by atoms with Gasteiger partial charge in [0.1, 0.15) is 17.9 Å². The van der Waals surface area contributed by atoms with Gasteiger partial charge in [0.2, 0.25) is 5.91 Å². The zero-order valence-corrected chi connectivity index (χ0v) is 14.8. The number of hydrogen-bond acceptors (Lipinski definition) is 4. The summed E-state index contributed by atoms with van der Waals surface area (Å²) in [4.78, 5) is 48.9. The highest BCUT2D eigenvalue weighted by atomic mass is 19.1. The number of amides is 5. The van der Waals surface area contributed by atoms with E-state index in [0.717, 1.165) is 4.90 Å². The van der Waals surface area contributed by atoms with Crippen LogP contribution in [-0.2, 0) is 19.9 Å². The molecule has 5 amide bonds. The van der Waals surface area contributed by atoms with Crippen LogP contribution in [0.2, 0.25) is 0 Å². The Hall–Kier alpha value is -2.97. The van der Waals surface area contributed by atoms with Crippen LogP contribution in [0.25, 0.3) is 0 Å². The Bertz CT molecular complexity index is 735. The number of rotatable bonds is 5. The summed E-state index contributed by atoms with van der Waals surface area (Å²) in [5.74, 6) is -2.08. The van der Waals surface area contributed by atoms with Crippen LogP contribution in [0.4, 0.5) is 9.18 Å². The number of carbonyl (C=O) groups is 4. The van der Waals surface area contributed by atoms with Gasteiger partial charge in [-0.05, 0) is 30.5 Å². The first kappa shape index (κ1) is 19.4. The van der Waals surface area contributed by atoms with Crippen molar-refractivity contribution in [2.24, 2.45) is 5.92 Å². The number of imide groups is 1. The molecule has 0 bridgehead atoms. The molecule has 1 aliphatic heterocycles. The Labute approximate surface area is 150 Å². The molecular weight excluding hydrogens is 343 g/mol. The molecule has 1 fully saturated rings. The van der Waals surface area contributed by atoms with E-state index in [9.17, 15) is 23.6 Å². The van der Waals surface area contributed by atoms with Gasteiger partial charge in [-0.2, -0.15) is 0 Å². The van der Waals surface area contributed by atoms with E-state index in [4.69, 9.17) is 0 Å². The fourth-order valence-electron chi connectivity index (χ4n) is 2.56. The highest BCUT2D eigenvalue weighted by Gasteiger charge is 2.49. The predicted octanol–water partition coefficient (Wildman–Crippen LogP) is 0.786. The molecule has 0 aliphatic carbocycles. The van der Waals surface area contributed by atoms with E-state index in [1.54, 1.807) is 0 Å². The summed E-state index contributed by atoms with van der Waals surface area (Å²) >= 11 is 0. The molecule has 1 atom stereocenters. The average Bonchev–Trinajstić information content (AvgIpc) is 2.77. The first-order valence-corrected chi connectivity index (χ1v) is 8.11. The lowest BCUT2D eigenvalue weighted by atomic mass is 9.92. The van der Waals surface area contributed by atoms with Crippen LogP contribution in [0.3, 0.4) is 0 Å². The smallest absolute Gasteiger partial charge is 0.319 e. The molecule has 3 N–H and O–H groups in total. The van der Waals surface area contributed by atoms with E-state index in [1.165, 1.54) is 31.2 Å². The van der Waals surface area contributed by atoms with E-state index >= 15 is 0 Å². The van der Waals surface area contributed by atoms with Crippen molar-refractivity contribution in [3.8, 4) is 0 Å². The number of benzene rings is 1. The molecule has 1 heterocycles. The summed E-state index contributed by atoms with van der Waals surface area (Å²) in [7, 11) is 0. The largest absolute Gasteiger partial charge is 0.325 e. The van der Waals surface area contributed by atoms with Gasteiger partial charge < -0.3 is 5.32 Å². The number of hydrogen-bond donors (Lipinski definition) is 3. The number of carbonyl (C=O) groups excluding carboxylic acids is 4. The molecule has 1 aliphatic rings. The minimum Gasteiger partial charge on any atom is -0.319 e. The second-order valence-electron chi connectivity index (χ2n) is 6.65. The molecule has 2 rings (SSSR count). The van der Waals surface area contributed by atoms with Crippen molar-refractivity contribution in [3.05, 3.63) is 35.6 Å². The van der Waals surface area contributed by atoms with Crippen molar-refractivity contribution in [2.45, 2.75) is 32.7 Å². The molecule has 0 spiro atoms. The van der Waals surface area contributed by atoms with E-state index < -0.39 is 35.7 Å². The van der Waals surface area contributed by atoms with Gasteiger partial charge >= 0.3 is 6.03 Å². The van der Waals surface area contributed by atoms with Crippen molar-refractivity contribution in [2.75, 3.05) is 6.54 Å². The maximum Gasteiger partial charge on any atom is 0.325 e. The molecule has 1 aromatic rings. The zero-order valence-electron chi connectivity index (χ0n) is 14.8. The Morgan fingerprint density at radius 1 is 1.15 bits per heavy atom. The number of hydrazine groups is 1. The number of halogens is 1. The fraction of sp³-hybridized carbons (Fsp3) is 0.412. The molecule has 8 nitrogen and oxygen atoms in total. The first-order chi connectivity index (χ1) is 12.1. The summed E-state index contributed by atoms with van der Waals surface area (Å²) in [6.07, 6.45) is 0.228. The number of urea groups is 1. The second-order valence-corrected chi connectivity index (χ2v) is 6.65. The van der Waals surface area contributed by atoms with Crippen molar-refractivity contribution in [1.82, 2.24) is 21.1 Å². The second kappa shape index (κ2) is 7.51. The quantitative estimate of drug-likeness (QED) is 0.530. The van der Waals surface area contributed by atoms with Gasteiger partial charge in [-0.25, -0.2) is 9.18 Å². The van der Waals surface area contributed by atoms with Crippen LogP contribution in [0.1, 0.15) is 32.8 Å². The molecule has 1 unspecified atom stereocenters. The Kier molecular flexibility index (Phi) is 5.59. The highest BCUT2D eigenvalue weighted by molar-refractivity contribution is 6.09. The van der Waals surface area contributed by atoms with Crippen LogP contribution in [0, 0.1) is 11.7 Å². The Morgan fingerprint density at radius 2 is 1.73 bits per heavy atom. The lowest BCUT2D eigenvalue weighted by Crippen LogP contribution is -2.48. The normalized spacial score (nSPS) is 19.5. The minimum atomic E-state index is -1.40. The summed E-state index contributed by atoms with van der Waals surface area (Å²) in [5.41, 5.74) is 3.39. The monoisotopic (exact) mass is 364 g/mol. The SMILES string of the molecule is CC(C)CC(=O)NNC(=O)CN1C(=O)NC(C)(c2ccc(F)cc2)C1=O. The Balaban J connectivity index is 2.01. The third-order valence-corrected chi connectivity index (χ3v) is 3.93. The van der Waals surface area contributed by atoms with Gasteiger partial charge in [0, 0.05) is 6.42 Å². The predicted molar refractivity (Wildman–Crippen MR) is 89.7 cm³/mol. The topological polar surface area (TPSA) is 108 Å². The van der Waals surface area contributed by atoms with Gasteiger partial charge in [-0.15, -0.1) is 0 Å². The minimum absolute atomic E-state index is 0.120. The van der Waals surface area contributed by atoms with Crippen LogP contribution in [0.5, 0.6) is 0 Å². The number of nitrogens with zero attached hydrogens (tertiary/aromatic N) is 1. The van der Waals surface area contributed by atoms with E-state index in [2.05, 4.69) is 16.2 Å². The van der Waals surface area contributed by atoms with Gasteiger partial charge in [0.25, 0.3) is 11.8 Å². The third-order valence-electron chi connectivity index (χ3n) is 3.93. The molecule has 140 valence electrons. The maximum atomic E-state index is 13.1. The third kappa shape index (κ3) is 4.16.